The van der Waals surface area contributed by atoms with Crippen molar-refractivity contribution < 1.29 is 18.7 Å². The van der Waals surface area contributed by atoms with Crippen LogP contribution in [0, 0.1) is 13.8 Å². The van der Waals surface area contributed by atoms with Crippen LogP contribution < -0.4 is 14.8 Å². The Kier molecular flexibility index (Phi) is 3.23. The first-order valence-corrected chi connectivity index (χ1v) is 8.40. The van der Waals surface area contributed by atoms with Crippen molar-refractivity contribution in [1.29, 1.82) is 0 Å². The molecule has 2 aliphatic heterocycles. The van der Waals surface area contributed by atoms with E-state index in [-0.39, 0.29) is 6.79 Å². The van der Waals surface area contributed by atoms with E-state index in [1.165, 1.54) is 0 Å². The Bertz CT molecular complexity index is 954. The number of aryl methyl sites for hydroxylation is 2. The van der Waals surface area contributed by atoms with Gasteiger partial charge in [0.1, 0.15) is 12.4 Å². The second kappa shape index (κ2) is 5.50. The van der Waals surface area contributed by atoms with Crippen molar-refractivity contribution in [3.63, 3.8) is 0 Å². The monoisotopic (exact) mass is 354 g/mol. The zero-order valence-electron chi connectivity index (χ0n) is 14.5. The molecule has 1 aromatic carbocycles. The highest BCUT2D eigenvalue weighted by Gasteiger charge is 2.48. The fourth-order valence-corrected chi connectivity index (χ4v) is 3.14. The number of ether oxygens (including phenoxy) is 3. The summed E-state index contributed by atoms with van der Waals surface area (Å²) in [5, 5.41) is 12.0. The Morgan fingerprint density at radius 1 is 1.19 bits per heavy atom. The largest absolute Gasteiger partial charge is 0.454 e. The zero-order chi connectivity index (χ0) is 17.7. The molecule has 1 fully saturated rings. The fraction of sp³-hybridized carbons (Fsp3) is 0.333. The number of benzene rings is 1. The summed E-state index contributed by atoms with van der Waals surface area (Å²) in [5.41, 5.74) is 2.35. The van der Waals surface area contributed by atoms with Crippen LogP contribution in [0.15, 0.2) is 35.0 Å². The van der Waals surface area contributed by atoms with Gasteiger partial charge in [-0.1, -0.05) is 11.2 Å². The molecular weight excluding hydrogens is 336 g/mol. The molecule has 2 aliphatic rings. The summed E-state index contributed by atoms with van der Waals surface area (Å²) in [7, 11) is 0. The van der Waals surface area contributed by atoms with Gasteiger partial charge >= 0.3 is 0 Å². The molecule has 1 saturated heterocycles. The number of nitrogens with one attached hydrogen (secondary N) is 1. The minimum Gasteiger partial charge on any atom is -0.454 e. The lowest BCUT2D eigenvalue weighted by Gasteiger charge is -2.14. The summed E-state index contributed by atoms with van der Waals surface area (Å²) in [6.07, 6.45) is 1.92. The van der Waals surface area contributed by atoms with Crippen molar-refractivity contribution in [1.82, 2.24) is 14.9 Å². The normalized spacial score (nSPS) is 20.4. The van der Waals surface area contributed by atoms with Crippen molar-refractivity contribution in [2.75, 3.05) is 18.7 Å². The lowest BCUT2D eigenvalue weighted by molar-refractivity contribution is 0.174. The average Bonchev–Trinajstić information content (AvgIpc) is 2.96. The Labute approximate surface area is 149 Å². The summed E-state index contributed by atoms with van der Waals surface area (Å²) in [5.74, 6) is 3.05. The molecule has 8 heteroatoms. The van der Waals surface area contributed by atoms with Gasteiger partial charge in [0.2, 0.25) is 6.79 Å². The van der Waals surface area contributed by atoms with Gasteiger partial charge < -0.3 is 24.1 Å². The van der Waals surface area contributed by atoms with E-state index < -0.39 is 5.72 Å². The topological polar surface area (TPSA) is 86.9 Å². The molecule has 1 N–H and O–H groups in total. The van der Waals surface area contributed by atoms with Crippen LogP contribution in [-0.2, 0) is 17.0 Å². The summed E-state index contributed by atoms with van der Waals surface area (Å²) >= 11 is 0. The number of fused-ring (bicyclic) bond motifs is 1. The zero-order valence-corrected chi connectivity index (χ0v) is 14.5. The number of aromatic nitrogens is 3. The summed E-state index contributed by atoms with van der Waals surface area (Å²) in [6.45, 7) is 5.28. The number of nitrogens with zero attached hydrogens (tertiary/aromatic N) is 3. The molecule has 1 unspecified atom stereocenters. The molecule has 5 rings (SSSR count). The maximum atomic E-state index is 5.72. The van der Waals surface area contributed by atoms with E-state index in [1.54, 1.807) is 0 Å². The third-order valence-corrected chi connectivity index (χ3v) is 4.74. The minimum atomic E-state index is -0.566. The van der Waals surface area contributed by atoms with E-state index >= 15 is 0 Å². The molecule has 0 spiro atoms. The van der Waals surface area contributed by atoms with Crippen molar-refractivity contribution in [2.45, 2.75) is 26.1 Å². The Morgan fingerprint density at radius 3 is 2.81 bits per heavy atom. The maximum absolute atomic E-state index is 5.72. The van der Waals surface area contributed by atoms with Gasteiger partial charge in [0.05, 0.1) is 12.2 Å². The smallest absolute Gasteiger partial charge is 0.231 e. The average molecular weight is 354 g/mol. The molecule has 2 aromatic heterocycles. The van der Waals surface area contributed by atoms with E-state index in [2.05, 4.69) is 15.6 Å². The van der Waals surface area contributed by atoms with Gasteiger partial charge in [0.25, 0.3) is 0 Å². The van der Waals surface area contributed by atoms with Crippen LogP contribution in [0.3, 0.4) is 0 Å². The van der Waals surface area contributed by atoms with Crippen LogP contribution in [0.4, 0.5) is 5.82 Å². The van der Waals surface area contributed by atoms with Crippen LogP contribution in [0.25, 0.3) is 0 Å². The highest BCUT2D eigenvalue weighted by molar-refractivity contribution is 5.50. The number of anilines is 1. The van der Waals surface area contributed by atoms with Gasteiger partial charge in [0.15, 0.2) is 23.0 Å². The van der Waals surface area contributed by atoms with Crippen molar-refractivity contribution in [2.24, 2.45) is 0 Å². The molecule has 8 nitrogen and oxygen atoms in total. The third-order valence-electron chi connectivity index (χ3n) is 4.74. The van der Waals surface area contributed by atoms with Crippen LogP contribution in [0.1, 0.15) is 22.6 Å². The Hall–Kier alpha value is -3.00. The third kappa shape index (κ3) is 2.50. The summed E-state index contributed by atoms with van der Waals surface area (Å²) in [4.78, 5) is 0. The molecular formula is C18H18N4O4. The highest BCUT2D eigenvalue weighted by Crippen LogP contribution is 2.43. The van der Waals surface area contributed by atoms with E-state index in [1.807, 2.05) is 49.0 Å². The number of rotatable bonds is 5. The van der Waals surface area contributed by atoms with Crippen molar-refractivity contribution >= 4 is 5.82 Å². The van der Waals surface area contributed by atoms with Crippen molar-refractivity contribution in [3.8, 4) is 11.5 Å². The first-order valence-electron chi connectivity index (χ1n) is 8.40. The molecule has 0 amide bonds. The Morgan fingerprint density at radius 2 is 2.04 bits per heavy atom. The molecule has 134 valence electrons. The highest BCUT2D eigenvalue weighted by atomic mass is 16.7. The number of epoxide rings is 1. The molecule has 1 atom stereocenters. The first-order chi connectivity index (χ1) is 12.6. The van der Waals surface area contributed by atoms with E-state index in [0.29, 0.717) is 13.2 Å². The summed E-state index contributed by atoms with van der Waals surface area (Å²) < 4.78 is 23.6. The van der Waals surface area contributed by atoms with Gasteiger partial charge in [-0.25, -0.2) is 0 Å². The van der Waals surface area contributed by atoms with Crippen LogP contribution in [-0.4, -0.2) is 28.3 Å². The SMILES string of the molecule is Cc1noc(C)c1Cn1ccc(NC2(c3ccc4c(c3)OCO4)CO2)n1. The predicted octanol–water partition coefficient (Wildman–Crippen LogP) is 2.56. The second-order valence-corrected chi connectivity index (χ2v) is 6.51. The molecule has 26 heavy (non-hydrogen) atoms. The first kappa shape index (κ1) is 15.3. The van der Waals surface area contributed by atoms with Crippen LogP contribution in [0.2, 0.25) is 0 Å². The molecule has 0 radical (unpaired) electrons. The van der Waals surface area contributed by atoms with Gasteiger partial charge in [-0.2, -0.15) is 5.10 Å². The van der Waals surface area contributed by atoms with Crippen LogP contribution in [0.5, 0.6) is 11.5 Å². The minimum absolute atomic E-state index is 0.256. The molecule has 0 aliphatic carbocycles. The lowest BCUT2D eigenvalue weighted by Crippen LogP contribution is -2.21. The van der Waals surface area contributed by atoms with Gasteiger partial charge in [-0.15, -0.1) is 0 Å². The molecule has 0 saturated carbocycles. The second-order valence-electron chi connectivity index (χ2n) is 6.51. The molecule has 0 bridgehead atoms. The fourth-order valence-electron chi connectivity index (χ4n) is 3.14. The standard InChI is InChI=1S/C18H18N4O4/c1-11-14(12(2)26-21-11)8-22-6-5-17(20-22)19-18(9-25-18)13-3-4-15-16(7-13)24-10-23-15/h3-7H,8-10H2,1-2H3,(H,19,20). The van der Waals surface area contributed by atoms with E-state index in [4.69, 9.17) is 18.7 Å². The maximum Gasteiger partial charge on any atom is 0.231 e. The van der Waals surface area contributed by atoms with Crippen LogP contribution >= 0.6 is 0 Å². The lowest BCUT2D eigenvalue weighted by atomic mass is 10.1. The van der Waals surface area contributed by atoms with Gasteiger partial charge in [-0.3, -0.25) is 4.68 Å². The van der Waals surface area contributed by atoms with Gasteiger partial charge in [0, 0.05) is 23.4 Å². The van der Waals surface area contributed by atoms with Crippen molar-refractivity contribution in [3.05, 3.63) is 53.0 Å². The number of hydrogen-bond acceptors (Lipinski definition) is 7. The quantitative estimate of drug-likeness (QED) is 0.705. The summed E-state index contributed by atoms with van der Waals surface area (Å²) in [6, 6.07) is 7.75. The van der Waals surface area contributed by atoms with E-state index in [0.717, 1.165) is 39.9 Å². The number of hydrogen-bond donors (Lipinski definition) is 1. The molecule has 4 heterocycles. The molecule has 3 aromatic rings. The van der Waals surface area contributed by atoms with E-state index in [9.17, 15) is 0 Å². The van der Waals surface area contributed by atoms with Gasteiger partial charge in [-0.05, 0) is 26.0 Å². The predicted molar refractivity (Wildman–Crippen MR) is 91.1 cm³/mol. The Balaban J connectivity index is 1.35.